The Hall–Kier alpha value is -2.19. The second kappa shape index (κ2) is 8.19. The molecular weight excluding hydrogens is 689 g/mol. The standard InChI is InChI=1S/C22H16Br2IN3O6/c1-26-21(32)27-4-3-8-12(28(27)22(26)33)5-9-13(29)7-11(25)19(30)16(9)15(8)10-6-14(34-2)20(31)18(24)17(10)23/h3,6-7,12,15,31H,4-5H2,1-2H3/t12-,15-/m1/s1. The summed E-state index contributed by atoms with van der Waals surface area (Å²) in [6.45, 7) is 0.142. The Labute approximate surface area is 222 Å². The number of aromatic hydroxyl groups is 1. The molecule has 2 atom stereocenters. The van der Waals surface area contributed by atoms with E-state index in [4.69, 9.17) is 4.74 Å². The van der Waals surface area contributed by atoms with Gasteiger partial charge < -0.3 is 9.84 Å². The van der Waals surface area contributed by atoms with Crippen LogP contribution in [0, 0.1) is 0 Å². The van der Waals surface area contributed by atoms with E-state index in [0.29, 0.717) is 29.2 Å². The molecule has 3 aliphatic rings. The second-order valence-corrected chi connectivity index (χ2v) is 10.9. The maximum atomic E-state index is 13.4. The fourth-order valence-electron chi connectivity index (χ4n) is 4.91. The van der Waals surface area contributed by atoms with Crippen LogP contribution in [0.4, 0.5) is 0 Å². The summed E-state index contributed by atoms with van der Waals surface area (Å²) >= 11 is 8.75. The van der Waals surface area contributed by atoms with Gasteiger partial charge in [0.05, 0.1) is 27.7 Å². The highest BCUT2D eigenvalue weighted by atomic mass is 127. The number of fused-ring (bicyclic) bond motifs is 3. The molecule has 12 heteroatoms. The Bertz CT molecular complexity index is 1540. The van der Waals surface area contributed by atoms with E-state index >= 15 is 0 Å². The molecule has 1 aromatic heterocycles. The lowest BCUT2D eigenvalue weighted by molar-refractivity contribution is -0.115. The molecule has 9 nitrogen and oxygen atoms in total. The number of benzene rings is 1. The molecule has 2 aliphatic carbocycles. The normalized spacial score (nSPS) is 21.6. The van der Waals surface area contributed by atoms with Gasteiger partial charge in [0.25, 0.3) is 0 Å². The Balaban J connectivity index is 1.84. The largest absolute Gasteiger partial charge is 0.503 e. The molecule has 1 aliphatic heterocycles. The Morgan fingerprint density at radius 3 is 2.53 bits per heavy atom. The highest BCUT2D eigenvalue weighted by Crippen LogP contribution is 2.54. The maximum Gasteiger partial charge on any atom is 0.347 e. The van der Waals surface area contributed by atoms with E-state index < -0.39 is 23.3 Å². The topological polar surface area (TPSA) is 113 Å². The van der Waals surface area contributed by atoms with E-state index in [2.05, 4.69) is 31.9 Å². The Morgan fingerprint density at radius 1 is 1.15 bits per heavy atom. The van der Waals surface area contributed by atoms with Gasteiger partial charge in [-0.05, 0) is 71.7 Å². The average molecular weight is 705 g/mol. The fourth-order valence-corrected chi connectivity index (χ4v) is 6.44. The number of Topliss-reactive ketones (excluding diaryl/α,β-unsaturated/α-hetero) is 1. The highest BCUT2D eigenvalue weighted by Gasteiger charge is 2.46. The lowest BCUT2D eigenvalue weighted by atomic mass is 9.69. The number of hydrogen-bond donors (Lipinski definition) is 1. The number of ether oxygens (including phenoxy) is 1. The van der Waals surface area contributed by atoms with Gasteiger partial charge in [-0.3, -0.25) is 9.59 Å². The van der Waals surface area contributed by atoms with Crippen LogP contribution in [0.15, 0.2) is 57.1 Å². The first kappa shape index (κ1) is 23.5. The molecular formula is C22H16Br2IN3O6. The third kappa shape index (κ3) is 3.14. The molecule has 34 heavy (non-hydrogen) atoms. The van der Waals surface area contributed by atoms with Crippen LogP contribution in [-0.2, 0) is 23.2 Å². The SMILES string of the molecule is COc1cc([C@H]2C3=CCn4c(=O)n(C)c(=O)n4[C@@H]3CC3=C2C(=O)C(I)=CC3=O)c(Br)c(Br)c1O. The molecule has 0 fully saturated rings. The smallest absolute Gasteiger partial charge is 0.347 e. The summed E-state index contributed by atoms with van der Waals surface area (Å²) in [7, 11) is 2.82. The zero-order valence-corrected chi connectivity index (χ0v) is 23.1. The van der Waals surface area contributed by atoms with E-state index in [9.17, 15) is 24.3 Å². The van der Waals surface area contributed by atoms with Crippen LogP contribution in [-0.4, -0.2) is 37.7 Å². The van der Waals surface area contributed by atoms with Gasteiger partial charge in [0.1, 0.15) is 0 Å². The molecule has 0 bridgehead atoms. The van der Waals surface area contributed by atoms with Gasteiger partial charge in [0.2, 0.25) is 0 Å². The number of ketones is 2. The minimum Gasteiger partial charge on any atom is -0.503 e. The number of aromatic nitrogens is 3. The number of rotatable bonds is 2. The van der Waals surface area contributed by atoms with Crippen LogP contribution in [0.5, 0.6) is 11.5 Å². The molecule has 0 saturated heterocycles. The molecule has 1 N–H and O–H groups in total. The molecule has 176 valence electrons. The van der Waals surface area contributed by atoms with Crippen molar-refractivity contribution in [3.8, 4) is 11.5 Å². The molecule has 2 heterocycles. The van der Waals surface area contributed by atoms with E-state index in [-0.39, 0.29) is 36.0 Å². The van der Waals surface area contributed by atoms with Crippen LogP contribution < -0.4 is 16.1 Å². The first-order valence-electron chi connectivity index (χ1n) is 10.1. The summed E-state index contributed by atoms with van der Waals surface area (Å²) in [6, 6.07) is 0.978. The van der Waals surface area contributed by atoms with Gasteiger partial charge >= 0.3 is 11.4 Å². The highest BCUT2D eigenvalue weighted by molar-refractivity contribution is 14.1. The zero-order valence-electron chi connectivity index (χ0n) is 17.8. The van der Waals surface area contributed by atoms with Gasteiger partial charge in [-0.2, -0.15) is 0 Å². The van der Waals surface area contributed by atoms with Crippen molar-refractivity contribution in [3.05, 3.63) is 74.0 Å². The van der Waals surface area contributed by atoms with Crippen LogP contribution in [0.1, 0.15) is 23.9 Å². The Kier molecular flexibility index (Phi) is 5.67. The van der Waals surface area contributed by atoms with Crippen molar-refractivity contribution in [2.45, 2.75) is 24.9 Å². The summed E-state index contributed by atoms with van der Waals surface area (Å²) < 4.78 is 10.2. The van der Waals surface area contributed by atoms with Crippen LogP contribution in [0.3, 0.4) is 0 Å². The lowest BCUT2D eigenvalue weighted by Gasteiger charge is -2.40. The molecule has 2 aromatic rings. The maximum absolute atomic E-state index is 13.4. The number of allylic oxidation sites excluding steroid dienone is 6. The van der Waals surface area contributed by atoms with Gasteiger partial charge in [0, 0.05) is 41.1 Å². The van der Waals surface area contributed by atoms with Crippen LogP contribution >= 0.6 is 54.5 Å². The van der Waals surface area contributed by atoms with E-state index in [1.54, 1.807) is 6.07 Å². The number of phenols is 1. The zero-order chi connectivity index (χ0) is 24.6. The molecule has 5 rings (SSSR count). The third-order valence-corrected chi connectivity index (χ3v) is 9.46. The van der Waals surface area contributed by atoms with Crippen molar-refractivity contribution >= 4 is 66.0 Å². The summed E-state index contributed by atoms with van der Waals surface area (Å²) in [5, 5.41) is 10.5. The molecule has 0 unspecified atom stereocenters. The quantitative estimate of drug-likeness (QED) is 0.293. The molecule has 0 spiro atoms. The van der Waals surface area contributed by atoms with Crippen molar-refractivity contribution < 1.29 is 19.4 Å². The second-order valence-electron chi connectivity index (χ2n) is 8.13. The first-order chi connectivity index (χ1) is 16.1. The fraction of sp³-hybridized carbons (Fsp3) is 0.273. The number of methoxy groups -OCH3 is 1. The summed E-state index contributed by atoms with van der Waals surface area (Å²) in [6.07, 6.45) is 3.25. The van der Waals surface area contributed by atoms with Gasteiger partial charge in [-0.15, -0.1) is 0 Å². The molecule has 0 amide bonds. The van der Waals surface area contributed by atoms with Crippen molar-refractivity contribution in [3.63, 3.8) is 0 Å². The number of halogens is 3. The number of nitrogens with zero attached hydrogens (tertiary/aromatic N) is 3. The monoisotopic (exact) mass is 703 g/mol. The average Bonchev–Trinajstić information content (AvgIpc) is 3.04. The predicted molar refractivity (Wildman–Crippen MR) is 138 cm³/mol. The third-order valence-electron chi connectivity index (χ3n) is 6.50. The molecule has 0 radical (unpaired) electrons. The summed E-state index contributed by atoms with van der Waals surface area (Å²) in [5.41, 5.74) is 0.999. The van der Waals surface area contributed by atoms with Gasteiger partial charge in [-0.1, -0.05) is 6.08 Å². The minimum absolute atomic E-state index is 0.111. The number of phenolic OH excluding ortho intramolecular Hbond substituents is 1. The summed E-state index contributed by atoms with van der Waals surface area (Å²) in [4.78, 5) is 52.1. The molecule has 0 saturated carbocycles. The van der Waals surface area contributed by atoms with Crippen molar-refractivity contribution in [2.75, 3.05) is 7.11 Å². The van der Waals surface area contributed by atoms with Gasteiger partial charge in [-0.25, -0.2) is 23.5 Å². The Morgan fingerprint density at radius 2 is 1.85 bits per heavy atom. The number of carbonyl (C=O) groups excluding carboxylic acids is 2. The van der Waals surface area contributed by atoms with Crippen molar-refractivity contribution in [2.24, 2.45) is 7.05 Å². The van der Waals surface area contributed by atoms with E-state index in [0.717, 1.165) is 10.1 Å². The van der Waals surface area contributed by atoms with E-state index in [1.807, 2.05) is 28.7 Å². The number of hydrogen-bond acceptors (Lipinski definition) is 6. The molecule has 1 aromatic carbocycles. The van der Waals surface area contributed by atoms with E-state index in [1.165, 1.54) is 29.6 Å². The van der Waals surface area contributed by atoms with Crippen LogP contribution in [0.2, 0.25) is 0 Å². The summed E-state index contributed by atoms with van der Waals surface area (Å²) in [5.74, 6) is -1.21. The van der Waals surface area contributed by atoms with Crippen molar-refractivity contribution in [1.82, 2.24) is 13.9 Å². The lowest BCUT2D eigenvalue weighted by Crippen LogP contribution is -2.40. The number of carbonyl (C=O) groups is 2. The van der Waals surface area contributed by atoms with Crippen molar-refractivity contribution in [1.29, 1.82) is 0 Å². The minimum atomic E-state index is -0.709. The predicted octanol–water partition coefficient (Wildman–Crippen LogP) is 3.02. The van der Waals surface area contributed by atoms with Crippen LogP contribution in [0.25, 0.3) is 0 Å². The van der Waals surface area contributed by atoms with Gasteiger partial charge in [0.15, 0.2) is 23.1 Å². The first-order valence-corrected chi connectivity index (χ1v) is 12.8.